The van der Waals surface area contributed by atoms with Gasteiger partial charge in [-0.25, -0.2) is 4.79 Å². The van der Waals surface area contributed by atoms with Crippen molar-refractivity contribution < 1.29 is 14.3 Å². The largest absolute Gasteiger partial charge is 0.465 e. The number of nitrogens with zero attached hydrogens (tertiary/aromatic N) is 1. The summed E-state index contributed by atoms with van der Waals surface area (Å²) < 4.78 is 10.5. The molecule has 0 radical (unpaired) electrons. The molecule has 0 spiro atoms. The number of hydrogen-bond acceptors (Lipinski definition) is 4. The zero-order chi connectivity index (χ0) is 16.1. The molecule has 114 valence electrons. The van der Waals surface area contributed by atoms with E-state index in [4.69, 9.17) is 9.47 Å². The van der Waals surface area contributed by atoms with Gasteiger partial charge in [0, 0.05) is 11.8 Å². The molecule has 3 aromatic rings. The average Bonchev–Trinajstić information content (AvgIpc) is 2.62. The summed E-state index contributed by atoms with van der Waals surface area (Å²) in [5.74, 6) is 1.15. The van der Waals surface area contributed by atoms with E-state index in [0.29, 0.717) is 11.3 Å². The van der Waals surface area contributed by atoms with Crippen LogP contribution in [-0.2, 0) is 4.74 Å². The Morgan fingerprint density at radius 2 is 1.61 bits per heavy atom. The van der Waals surface area contributed by atoms with E-state index in [1.54, 1.807) is 18.3 Å². The fourth-order valence-electron chi connectivity index (χ4n) is 2.15. The van der Waals surface area contributed by atoms with Gasteiger partial charge in [-0.2, -0.15) is 0 Å². The second kappa shape index (κ2) is 6.75. The Morgan fingerprint density at radius 3 is 2.30 bits per heavy atom. The minimum Gasteiger partial charge on any atom is -0.465 e. The highest BCUT2D eigenvalue weighted by molar-refractivity contribution is 5.90. The van der Waals surface area contributed by atoms with Gasteiger partial charge in [0.25, 0.3) is 0 Å². The Labute approximate surface area is 134 Å². The molecule has 0 aliphatic rings. The number of ether oxygens (including phenoxy) is 2. The number of carbonyl (C=O) groups excluding carboxylic acids is 1. The molecule has 0 aliphatic carbocycles. The molecule has 1 heterocycles. The zero-order valence-corrected chi connectivity index (χ0v) is 12.6. The van der Waals surface area contributed by atoms with Crippen molar-refractivity contribution in [3.05, 3.63) is 78.5 Å². The summed E-state index contributed by atoms with van der Waals surface area (Å²) in [6.07, 6.45) is 1.59. The second-order valence-electron chi connectivity index (χ2n) is 4.86. The summed E-state index contributed by atoms with van der Waals surface area (Å²) in [6.45, 7) is 0. The van der Waals surface area contributed by atoms with Crippen LogP contribution in [0.15, 0.2) is 72.9 Å². The van der Waals surface area contributed by atoms with E-state index in [2.05, 4.69) is 4.98 Å². The Bertz CT molecular complexity index is 798. The summed E-state index contributed by atoms with van der Waals surface area (Å²) in [6, 6.07) is 20.5. The second-order valence-corrected chi connectivity index (χ2v) is 4.86. The number of esters is 1. The van der Waals surface area contributed by atoms with Crippen LogP contribution in [-0.4, -0.2) is 18.1 Å². The molecule has 1 aromatic heterocycles. The number of benzene rings is 2. The predicted molar refractivity (Wildman–Crippen MR) is 87.5 cm³/mol. The Hall–Kier alpha value is -3.14. The van der Waals surface area contributed by atoms with E-state index >= 15 is 0 Å². The van der Waals surface area contributed by atoms with Crippen molar-refractivity contribution in [2.45, 2.75) is 0 Å². The highest BCUT2D eigenvalue weighted by Gasteiger charge is 2.08. The topological polar surface area (TPSA) is 48.4 Å². The van der Waals surface area contributed by atoms with Gasteiger partial charge < -0.3 is 9.47 Å². The molecule has 0 atom stereocenters. The van der Waals surface area contributed by atoms with E-state index in [0.717, 1.165) is 17.1 Å². The van der Waals surface area contributed by atoms with Crippen LogP contribution in [0.5, 0.6) is 11.5 Å². The number of rotatable bonds is 4. The molecule has 0 unspecified atom stereocenters. The van der Waals surface area contributed by atoms with Crippen molar-refractivity contribution in [2.24, 2.45) is 0 Å². The summed E-state index contributed by atoms with van der Waals surface area (Å²) in [5, 5.41) is 0. The first kappa shape index (κ1) is 14.8. The van der Waals surface area contributed by atoms with Crippen molar-refractivity contribution in [3.63, 3.8) is 0 Å². The van der Waals surface area contributed by atoms with Gasteiger partial charge in [0.15, 0.2) is 0 Å². The molecule has 0 saturated heterocycles. The van der Waals surface area contributed by atoms with Crippen LogP contribution in [0, 0.1) is 0 Å². The Kier molecular flexibility index (Phi) is 4.34. The molecule has 4 nitrogen and oxygen atoms in total. The number of para-hydroxylation sites is 1. The van der Waals surface area contributed by atoms with Crippen molar-refractivity contribution >= 4 is 5.97 Å². The zero-order valence-electron chi connectivity index (χ0n) is 12.6. The van der Waals surface area contributed by atoms with E-state index < -0.39 is 0 Å². The molecule has 0 saturated carbocycles. The molecular weight excluding hydrogens is 290 g/mol. The monoisotopic (exact) mass is 305 g/mol. The molecule has 0 N–H and O–H groups in total. The lowest BCUT2D eigenvalue weighted by atomic mass is 10.1. The maximum atomic E-state index is 11.6. The van der Waals surface area contributed by atoms with Crippen molar-refractivity contribution in [1.82, 2.24) is 4.98 Å². The van der Waals surface area contributed by atoms with E-state index in [1.165, 1.54) is 7.11 Å². The van der Waals surface area contributed by atoms with Gasteiger partial charge in [-0.1, -0.05) is 18.2 Å². The molecule has 0 amide bonds. The van der Waals surface area contributed by atoms with Gasteiger partial charge in [0.2, 0.25) is 0 Å². The Balaban J connectivity index is 1.81. The standard InChI is InChI=1S/C19H15NO3/c1-22-19(21)15-11-12-20-18(13-15)14-7-9-17(10-8-14)23-16-5-3-2-4-6-16/h2-13H,1H3. The van der Waals surface area contributed by atoms with Crippen molar-refractivity contribution in [3.8, 4) is 22.8 Å². The molecular formula is C19H15NO3. The van der Waals surface area contributed by atoms with Crippen LogP contribution in [0.2, 0.25) is 0 Å². The van der Waals surface area contributed by atoms with Gasteiger partial charge in [0.1, 0.15) is 11.5 Å². The van der Waals surface area contributed by atoms with Crippen LogP contribution in [0.1, 0.15) is 10.4 Å². The first-order valence-electron chi connectivity index (χ1n) is 7.14. The molecule has 2 aromatic carbocycles. The van der Waals surface area contributed by atoms with Gasteiger partial charge in [-0.05, 0) is 48.5 Å². The predicted octanol–water partition coefficient (Wildman–Crippen LogP) is 4.33. The number of pyridine rings is 1. The van der Waals surface area contributed by atoms with Crippen LogP contribution >= 0.6 is 0 Å². The van der Waals surface area contributed by atoms with Crippen LogP contribution in [0.4, 0.5) is 0 Å². The van der Waals surface area contributed by atoms with Gasteiger partial charge in [0.05, 0.1) is 18.4 Å². The molecule has 3 rings (SSSR count). The molecule has 4 heteroatoms. The minimum absolute atomic E-state index is 0.377. The van der Waals surface area contributed by atoms with Gasteiger partial charge in [-0.15, -0.1) is 0 Å². The van der Waals surface area contributed by atoms with Gasteiger partial charge >= 0.3 is 5.97 Å². The number of aromatic nitrogens is 1. The van der Waals surface area contributed by atoms with Crippen LogP contribution in [0.3, 0.4) is 0 Å². The minimum atomic E-state index is -0.377. The van der Waals surface area contributed by atoms with E-state index in [9.17, 15) is 4.79 Å². The fraction of sp³-hybridized carbons (Fsp3) is 0.0526. The van der Waals surface area contributed by atoms with E-state index in [-0.39, 0.29) is 5.97 Å². The summed E-state index contributed by atoms with van der Waals surface area (Å²) in [7, 11) is 1.36. The fourth-order valence-corrected chi connectivity index (χ4v) is 2.15. The Morgan fingerprint density at radius 1 is 0.913 bits per heavy atom. The normalized spacial score (nSPS) is 10.1. The number of hydrogen-bond donors (Lipinski definition) is 0. The first-order valence-corrected chi connectivity index (χ1v) is 7.14. The maximum absolute atomic E-state index is 11.6. The van der Waals surface area contributed by atoms with Crippen LogP contribution < -0.4 is 4.74 Å². The molecule has 0 bridgehead atoms. The third-order valence-corrected chi connectivity index (χ3v) is 3.31. The van der Waals surface area contributed by atoms with Crippen molar-refractivity contribution in [2.75, 3.05) is 7.11 Å². The summed E-state index contributed by atoms with van der Waals surface area (Å²) >= 11 is 0. The number of carbonyl (C=O) groups is 1. The van der Waals surface area contributed by atoms with E-state index in [1.807, 2.05) is 54.6 Å². The van der Waals surface area contributed by atoms with Gasteiger partial charge in [-0.3, -0.25) is 4.98 Å². The molecule has 0 fully saturated rings. The third-order valence-electron chi connectivity index (χ3n) is 3.31. The lowest BCUT2D eigenvalue weighted by Gasteiger charge is -2.07. The molecule has 0 aliphatic heterocycles. The molecule has 23 heavy (non-hydrogen) atoms. The van der Waals surface area contributed by atoms with Crippen molar-refractivity contribution in [1.29, 1.82) is 0 Å². The summed E-state index contributed by atoms with van der Waals surface area (Å²) in [5.41, 5.74) is 2.08. The quantitative estimate of drug-likeness (QED) is 0.673. The summed E-state index contributed by atoms with van der Waals surface area (Å²) in [4.78, 5) is 15.9. The first-order chi connectivity index (χ1) is 11.3. The maximum Gasteiger partial charge on any atom is 0.337 e. The third kappa shape index (κ3) is 3.55. The SMILES string of the molecule is COC(=O)c1ccnc(-c2ccc(Oc3ccccc3)cc2)c1. The highest BCUT2D eigenvalue weighted by Crippen LogP contribution is 2.25. The smallest absolute Gasteiger partial charge is 0.337 e. The average molecular weight is 305 g/mol. The van der Waals surface area contributed by atoms with Crippen LogP contribution in [0.25, 0.3) is 11.3 Å². The number of methoxy groups -OCH3 is 1. The lowest BCUT2D eigenvalue weighted by Crippen LogP contribution is -2.01. The lowest BCUT2D eigenvalue weighted by molar-refractivity contribution is 0.0600. The highest BCUT2D eigenvalue weighted by atomic mass is 16.5.